The van der Waals surface area contributed by atoms with E-state index in [-0.39, 0.29) is 25.2 Å². The van der Waals surface area contributed by atoms with Gasteiger partial charge in [0.1, 0.15) is 11.6 Å². The maximum Gasteiger partial charge on any atom is 0.408 e. The van der Waals surface area contributed by atoms with E-state index in [0.717, 1.165) is 38.4 Å². The number of ketones is 1. The van der Waals surface area contributed by atoms with Gasteiger partial charge in [-0.3, -0.25) is 9.69 Å². The lowest BCUT2D eigenvalue weighted by atomic mass is 10.0. The smallest absolute Gasteiger partial charge is 0.408 e. The number of carbonyl (C=O) groups excluding carboxylic acids is 3. The van der Waals surface area contributed by atoms with E-state index in [1.54, 1.807) is 39.8 Å². The van der Waals surface area contributed by atoms with Gasteiger partial charge in [0, 0.05) is 31.6 Å². The van der Waals surface area contributed by atoms with Gasteiger partial charge in [-0.15, -0.1) is 0 Å². The SMILES string of the molecule is CCOC(=O)C(CCC(=O)c1ccc(CN2CCOCC2)cc1)NC(=O)OC(C)(C)C. The van der Waals surface area contributed by atoms with E-state index in [0.29, 0.717) is 5.56 Å². The maximum atomic E-state index is 12.6. The third kappa shape index (κ3) is 9.06. The summed E-state index contributed by atoms with van der Waals surface area (Å²) >= 11 is 0. The van der Waals surface area contributed by atoms with E-state index in [2.05, 4.69) is 10.2 Å². The van der Waals surface area contributed by atoms with Crippen molar-refractivity contribution in [2.24, 2.45) is 0 Å². The molecule has 1 heterocycles. The van der Waals surface area contributed by atoms with Crippen LogP contribution in [-0.2, 0) is 25.5 Å². The highest BCUT2D eigenvalue weighted by atomic mass is 16.6. The van der Waals surface area contributed by atoms with Gasteiger partial charge < -0.3 is 19.5 Å². The van der Waals surface area contributed by atoms with E-state index in [9.17, 15) is 14.4 Å². The van der Waals surface area contributed by atoms with Crippen molar-refractivity contribution in [1.29, 1.82) is 0 Å². The van der Waals surface area contributed by atoms with Crippen molar-refractivity contribution in [2.45, 2.75) is 58.7 Å². The monoisotopic (exact) mass is 434 g/mol. The zero-order valence-electron chi connectivity index (χ0n) is 18.9. The predicted molar refractivity (Wildman–Crippen MR) is 116 cm³/mol. The Morgan fingerprint density at radius 1 is 1.13 bits per heavy atom. The van der Waals surface area contributed by atoms with Gasteiger partial charge >= 0.3 is 12.1 Å². The van der Waals surface area contributed by atoms with Crippen LogP contribution in [0.4, 0.5) is 4.79 Å². The van der Waals surface area contributed by atoms with Crippen molar-refractivity contribution in [3.05, 3.63) is 35.4 Å². The average Bonchev–Trinajstić information content (AvgIpc) is 2.71. The summed E-state index contributed by atoms with van der Waals surface area (Å²) in [5.41, 5.74) is 1.02. The molecule has 1 aliphatic rings. The molecule has 0 saturated carbocycles. The van der Waals surface area contributed by atoms with Gasteiger partial charge in [-0.05, 0) is 39.7 Å². The lowest BCUT2D eigenvalue weighted by molar-refractivity contribution is -0.145. The second kappa shape index (κ2) is 11.8. The van der Waals surface area contributed by atoms with E-state index < -0.39 is 23.7 Å². The van der Waals surface area contributed by atoms with Crippen LogP contribution >= 0.6 is 0 Å². The number of carbonyl (C=O) groups is 3. The van der Waals surface area contributed by atoms with Crippen molar-refractivity contribution >= 4 is 17.8 Å². The molecule has 1 N–H and O–H groups in total. The summed E-state index contributed by atoms with van der Waals surface area (Å²) in [7, 11) is 0. The summed E-state index contributed by atoms with van der Waals surface area (Å²) in [6.45, 7) is 11.2. The van der Waals surface area contributed by atoms with Crippen LogP contribution in [0, 0.1) is 0 Å². The first-order valence-electron chi connectivity index (χ1n) is 10.8. The summed E-state index contributed by atoms with van der Waals surface area (Å²) in [5.74, 6) is -0.680. The van der Waals surface area contributed by atoms with Gasteiger partial charge in [-0.2, -0.15) is 0 Å². The zero-order valence-corrected chi connectivity index (χ0v) is 18.9. The van der Waals surface area contributed by atoms with Crippen molar-refractivity contribution < 1.29 is 28.6 Å². The molecule has 1 aromatic carbocycles. The number of Topliss-reactive ketones (excluding diaryl/α,β-unsaturated/α-hetero) is 1. The third-order valence-corrected chi connectivity index (χ3v) is 4.71. The van der Waals surface area contributed by atoms with Crippen molar-refractivity contribution in [3.63, 3.8) is 0 Å². The highest BCUT2D eigenvalue weighted by Crippen LogP contribution is 2.13. The summed E-state index contributed by atoms with van der Waals surface area (Å²) in [5, 5.41) is 2.52. The highest BCUT2D eigenvalue weighted by Gasteiger charge is 2.26. The summed E-state index contributed by atoms with van der Waals surface area (Å²) in [6.07, 6.45) is -0.486. The molecular formula is C23H34N2O6. The number of morpholine rings is 1. The highest BCUT2D eigenvalue weighted by molar-refractivity contribution is 5.96. The minimum atomic E-state index is -0.945. The Bertz CT molecular complexity index is 735. The number of hydrogen-bond donors (Lipinski definition) is 1. The Labute approximate surface area is 184 Å². The van der Waals surface area contributed by atoms with Crippen LogP contribution < -0.4 is 5.32 Å². The Kier molecular flexibility index (Phi) is 9.45. The fourth-order valence-corrected chi connectivity index (χ4v) is 3.17. The van der Waals surface area contributed by atoms with Crippen LogP contribution in [0.25, 0.3) is 0 Å². The van der Waals surface area contributed by atoms with Gasteiger partial charge in [0.2, 0.25) is 0 Å². The molecular weight excluding hydrogens is 400 g/mol. The number of hydrogen-bond acceptors (Lipinski definition) is 7. The molecule has 1 amide bonds. The molecule has 1 aliphatic heterocycles. The molecule has 8 heteroatoms. The second-order valence-electron chi connectivity index (χ2n) is 8.50. The number of benzene rings is 1. The van der Waals surface area contributed by atoms with E-state index in [1.807, 2.05) is 12.1 Å². The fraction of sp³-hybridized carbons (Fsp3) is 0.609. The quantitative estimate of drug-likeness (QED) is 0.472. The van der Waals surface area contributed by atoms with Gasteiger partial charge in [0.15, 0.2) is 5.78 Å². The Morgan fingerprint density at radius 3 is 2.35 bits per heavy atom. The fourth-order valence-electron chi connectivity index (χ4n) is 3.17. The third-order valence-electron chi connectivity index (χ3n) is 4.71. The number of amides is 1. The van der Waals surface area contributed by atoms with Gasteiger partial charge in [-0.25, -0.2) is 9.59 Å². The lowest BCUT2D eigenvalue weighted by Gasteiger charge is -2.26. The minimum Gasteiger partial charge on any atom is -0.464 e. The van der Waals surface area contributed by atoms with E-state index in [4.69, 9.17) is 14.2 Å². The molecule has 2 rings (SSSR count). The normalized spacial score (nSPS) is 15.7. The van der Waals surface area contributed by atoms with Gasteiger partial charge in [0.25, 0.3) is 0 Å². The Morgan fingerprint density at radius 2 is 1.77 bits per heavy atom. The van der Waals surface area contributed by atoms with Crippen LogP contribution in [0.2, 0.25) is 0 Å². The predicted octanol–water partition coefficient (Wildman–Crippen LogP) is 2.94. The first-order valence-corrected chi connectivity index (χ1v) is 10.8. The lowest BCUT2D eigenvalue weighted by Crippen LogP contribution is -2.44. The summed E-state index contributed by atoms with van der Waals surface area (Å²) in [4.78, 5) is 39.2. The van der Waals surface area contributed by atoms with Crippen LogP contribution in [-0.4, -0.2) is 67.3 Å². The standard InChI is InChI=1S/C23H34N2O6/c1-5-30-21(27)19(24-22(28)31-23(2,3)4)10-11-20(26)18-8-6-17(7-9-18)16-25-12-14-29-15-13-25/h6-9,19H,5,10-16H2,1-4H3,(H,24,28). The van der Waals surface area contributed by atoms with Crippen molar-refractivity contribution in [2.75, 3.05) is 32.9 Å². The molecule has 0 spiro atoms. The molecule has 0 aromatic heterocycles. The van der Waals surface area contributed by atoms with E-state index in [1.165, 1.54) is 0 Å². The largest absolute Gasteiger partial charge is 0.464 e. The average molecular weight is 435 g/mol. The molecule has 8 nitrogen and oxygen atoms in total. The molecule has 31 heavy (non-hydrogen) atoms. The number of ether oxygens (including phenoxy) is 3. The number of nitrogens with zero attached hydrogens (tertiary/aromatic N) is 1. The first kappa shape index (κ1) is 24.8. The van der Waals surface area contributed by atoms with Crippen molar-refractivity contribution in [3.8, 4) is 0 Å². The first-order chi connectivity index (χ1) is 14.7. The molecule has 172 valence electrons. The molecule has 1 unspecified atom stereocenters. The number of nitrogens with one attached hydrogen (secondary N) is 1. The second-order valence-corrected chi connectivity index (χ2v) is 8.50. The van der Waals surface area contributed by atoms with Gasteiger partial charge in [-0.1, -0.05) is 24.3 Å². The topological polar surface area (TPSA) is 94.2 Å². The van der Waals surface area contributed by atoms with Crippen LogP contribution in [0.1, 0.15) is 56.5 Å². The molecule has 1 fully saturated rings. The molecule has 1 atom stereocenters. The molecule has 0 bridgehead atoms. The maximum absolute atomic E-state index is 12.6. The van der Waals surface area contributed by atoms with Crippen LogP contribution in [0.3, 0.4) is 0 Å². The van der Waals surface area contributed by atoms with Crippen LogP contribution in [0.5, 0.6) is 0 Å². The molecule has 0 aliphatic carbocycles. The minimum absolute atomic E-state index is 0.0989. The zero-order chi connectivity index (χ0) is 22.9. The number of alkyl carbamates (subject to hydrolysis) is 1. The molecule has 0 radical (unpaired) electrons. The van der Waals surface area contributed by atoms with Crippen molar-refractivity contribution in [1.82, 2.24) is 10.2 Å². The number of rotatable bonds is 9. The number of esters is 1. The van der Waals surface area contributed by atoms with E-state index >= 15 is 0 Å². The van der Waals surface area contributed by atoms with Crippen LogP contribution in [0.15, 0.2) is 24.3 Å². The Hall–Kier alpha value is -2.45. The molecule has 1 aromatic rings. The Balaban J connectivity index is 1.91. The summed E-state index contributed by atoms with van der Waals surface area (Å²) in [6, 6.07) is 6.56. The molecule has 1 saturated heterocycles. The summed E-state index contributed by atoms with van der Waals surface area (Å²) < 4.78 is 15.6. The van der Waals surface area contributed by atoms with Gasteiger partial charge in [0.05, 0.1) is 19.8 Å².